The van der Waals surface area contributed by atoms with Crippen molar-refractivity contribution < 1.29 is 9.47 Å². The SMILES string of the molecule is CCCc1ccc2c(c1)B1c3cc(-c4ccc(C(C)C)cc4)ccc3N(c3ccc(-c4ccc(C(C)C)cc4)cc3)c3c4c5c(c(c31)O2)-n1c2ccc(-c3ccc(C(C)C)cc3)cc2c2cc(-c3ccc(C(C)C)cc3)cc(c21)B5c1cc(CCC)ccc1O4. The van der Waals surface area contributed by atoms with E-state index in [0.29, 0.717) is 23.7 Å². The first-order valence-corrected chi connectivity index (χ1v) is 33.2. The lowest BCUT2D eigenvalue weighted by atomic mass is 9.31. The van der Waals surface area contributed by atoms with Gasteiger partial charge in [0.25, 0.3) is 13.4 Å². The zero-order chi connectivity index (χ0) is 61.4. The molecule has 4 aliphatic heterocycles. The van der Waals surface area contributed by atoms with E-state index in [0.717, 1.165) is 87.9 Å². The molecule has 0 unspecified atom stereocenters. The molecule has 12 aromatic rings. The van der Waals surface area contributed by atoms with Crippen LogP contribution in [0.3, 0.4) is 0 Å². The average Bonchev–Trinajstić information content (AvgIpc) is 1.17. The lowest BCUT2D eigenvalue weighted by Gasteiger charge is -2.45. The van der Waals surface area contributed by atoms with E-state index in [1.807, 2.05) is 0 Å². The van der Waals surface area contributed by atoms with Gasteiger partial charge in [-0.15, -0.1) is 0 Å². The average molecular weight is 1170 g/mol. The second-order valence-electron chi connectivity index (χ2n) is 27.3. The summed E-state index contributed by atoms with van der Waals surface area (Å²) in [6, 6.07) is 79.8. The highest BCUT2D eigenvalue weighted by atomic mass is 16.5. The summed E-state index contributed by atoms with van der Waals surface area (Å²) < 4.78 is 18.5. The third-order valence-electron chi connectivity index (χ3n) is 20.3. The Hall–Kier alpha value is -9.25. The summed E-state index contributed by atoms with van der Waals surface area (Å²) in [7, 11) is 0. The molecule has 6 heteroatoms. The van der Waals surface area contributed by atoms with Gasteiger partial charge in [0.1, 0.15) is 23.0 Å². The molecule has 0 fully saturated rings. The van der Waals surface area contributed by atoms with E-state index in [4.69, 9.17) is 9.47 Å². The van der Waals surface area contributed by atoms with Crippen molar-refractivity contribution >= 4 is 85.1 Å². The zero-order valence-electron chi connectivity index (χ0n) is 53.6. The van der Waals surface area contributed by atoms with Crippen LogP contribution in [0.25, 0.3) is 72.0 Å². The maximum atomic E-state index is 7.94. The van der Waals surface area contributed by atoms with Crippen LogP contribution in [-0.4, -0.2) is 18.0 Å². The van der Waals surface area contributed by atoms with Gasteiger partial charge in [-0.05, 0) is 185 Å². The first-order chi connectivity index (χ1) is 43.8. The Morgan fingerprint density at radius 1 is 0.356 bits per heavy atom. The molecule has 0 radical (unpaired) electrons. The highest BCUT2D eigenvalue weighted by Gasteiger charge is 2.51. The van der Waals surface area contributed by atoms with Crippen molar-refractivity contribution in [2.24, 2.45) is 0 Å². The van der Waals surface area contributed by atoms with Gasteiger partial charge in [0, 0.05) is 38.6 Å². The minimum absolute atomic E-state index is 0.206. The minimum atomic E-state index is -0.208. The Kier molecular flexibility index (Phi) is 13.5. The topological polar surface area (TPSA) is 26.6 Å². The fraction of sp³-hybridized carbons (Fsp3) is 0.214. The second kappa shape index (κ2) is 21.8. The molecule has 0 spiro atoms. The zero-order valence-corrected chi connectivity index (χ0v) is 53.6. The van der Waals surface area contributed by atoms with Crippen molar-refractivity contribution in [2.75, 3.05) is 4.90 Å². The van der Waals surface area contributed by atoms with Gasteiger partial charge in [-0.2, -0.15) is 0 Å². The molecule has 0 aliphatic carbocycles. The number of aromatic nitrogens is 1. The number of nitrogens with zero attached hydrogens (tertiary/aromatic N) is 2. The first kappa shape index (κ1) is 56.0. The van der Waals surface area contributed by atoms with Crippen molar-refractivity contribution in [3.8, 4) is 73.2 Å². The molecule has 11 aromatic carbocycles. The lowest BCUT2D eigenvalue weighted by Crippen LogP contribution is -2.63. The normalized spacial score (nSPS) is 13.2. The molecular formula is C84H76B2N2O2. The Labute approximate surface area is 532 Å². The van der Waals surface area contributed by atoms with Gasteiger partial charge in [-0.1, -0.05) is 240 Å². The molecule has 0 bridgehead atoms. The molecule has 0 saturated heterocycles. The molecule has 0 N–H and O–H groups in total. The Bertz CT molecular complexity index is 4840. The summed E-state index contributed by atoms with van der Waals surface area (Å²) in [4.78, 5) is 2.54. The van der Waals surface area contributed by atoms with Crippen LogP contribution in [0.1, 0.15) is 139 Å². The van der Waals surface area contributed by atoms with E-state index in [9.17, 15) is 0 Å². The molecular weight excluding hydrogens is 1090 g/mol. The first-order valence-electron chi connectivity index (χ1n) is 33.2. The highest BCUT2D eigenvalue weighted by Crippen LogP contribution is 2.52. The summed E-state index contributed by atoms with van der Waals surface area (Å²) >= 11 is 0. The van der Waals surface area contributed by atoms with Gasteiger partial charge in [-0.25, -0.2) is 0 Å². The number of benzene rings is 11. The van der Waals surface area contributed by atoms with Crippen molar-refractivity contribution in [3.05, 3.63) is 240 Å². The van der Waals surface area contributed by atoms with E-state index < -0.39 is 0 Å². The Balaban J connectivity index is 1.03. The monoisotopic (exact) mass is 1170 g/mol. The summed E-state index contributed by atoms with van der Waals surface area (Å²) in [5.74, 6) is 5.34. The van der Waals surface area contributed by atoms with Crippen LogP contribution in [0.15, 0.2) is 206 Å². The molecule has 0 atom stereocenters. The van der Waals surface area contributed by atoms with Crippen LogP contribution in [0.2, 0.25) is 0 Å². The van der Waals surface area contributed by atoms with Crippen molar-refractivity contribution in [1.29, 1.82) is 0 Å². The number of anilines is 3. The van der Waals surface area contributed by atoms with Crippen LogP contribution in [0, 0.1) is 0 Å². The number of aryl methyl sites for hydroxylation is 2. The van der Waals surface area contributed by atoms with Crippen LogP contribution in [-0.2, 0) is 12.8 Å². The maximum Gasteiger partial charge on any atom is 0.256 e. The van der Waals surface area contributed by atoms with E-state index >= 15 is 0 Å². The van der Waals surface area contributed by atoms with Crippen LogP contribution in [0.5, 0.6) is 23.0 Å². The molecule has 440 valence electrons. The van der Waals surface area contributed by atoms with Gasteiger partial charge in [0.05, 0.1) is 16.9 Å². The van der Waals surface area contributed by atoms with E-state index in [1.54, 1.807) is 0 Å². The molecule has 0 amide bonds. The van der Waals surface area contributed by atoms with Gasteiger partial charge < -0.3 is 18.9 Å². The molecule has 4 nitrogen and oxygen atoms in total. The van der Waals surface area contributed by atoms with Gasteiger partial charge >= 0.3 is 0 Å². The fourth-order valence-electron chi connectivity index (χ4n) is 15.4. The predicted molar refractivity (Wildman–Crippen MR) is 384 cm³/mol. The molecule has 16 rings (SSSR count). The molecule has 0 saturated carbocycles. The van der Waals surface area contributed by atoms with E-state index in [1.165, 1.54) is 116 Å². The predicted octanol–water partition coefficient (Wildman–Crippen LogP) is 19.2. The number of rotatable bonds is 13. The summed E-state index contributed by atoms with van der Waals surface area (Å²) in [6.45, 7) is 22.3. The summed E-state index contributed by atoms with van der Waals surface area (Å²) in [5.41, 5.74) is 31.4. The fourth-order valence-corrected chi connectivity index (χ4v) is 15.4. The summed E-state index contributed by atoms with van der Waals surface area (Å²) in [5, 5.41) is 2.45. The lowest BCUT2D eigenvalue weighted by molar-refractivity contribution is 0.474. The third-order valence-corrected chi connectivity index (χ3v) is 20.3. The quantitative estimate of drug-likeness (QED) is 0.108. The number of fused-ring (bicyclic) bond motifs is 13. The van der Waals surface area contributed by atoms with Crippen LogP contribution < -0.4 is 47.2 Å². The number of ether oxygens (including phenoxy) is 2. The van der Waals surface area contributed by atoms with Gasteiger partial charge in [0.2, 0.25) is 0 Å². The van der Waals surface area contributed by atoms with Crippen molar-refractivity contribution in [2.45, 2.75) is 119 Å². The van der Waals surface area contributed by atoms with Crippen LogP contribution >= 0.6 is 0 Å². The second-order valence-corrected chi connectivity index (χ2v) is 27.3. The molecule has 90 heavy (non-hydrogen) atoms. The minimum Gasteiger partial charge on any atom is -0.456 e. The molecule has 4 aliphatic rings. The van der Waals surface area contributed by atoms with E-state index in [2.05, 4.69) is 285 Å². The molecule has 5 heterocycles. The van der Waals surface area contributed by atoms with Gasteiger partial charge in [0.15, 0.2) is 0 Å². The van der Waals surface area contributed by atoms with E-state index in [-0.39, 0.29) is 13.4 Å². The largest absolute Gasteiger partial charge is 0.456 e. The number of hydrogen-bond donors (Lipinski definition) is 0. The highest BCUT2D eigenvalue weighted by molar-refractivity contribution is 7.02. The maximum absolute atomic E-state index is 7.94. The Morgan fingerprint density at radius 2 is 0.756 bits per heavy atom. The Morgan fingerprint density at radius 3 is 1.26 bits per heavy atom. The summed E-state index contributed by atoms with van der Waals surface area (Å²) in [6.07, 6.45) is 4.04. The van der Waals surface area contributed by atoms with Gasteiger partial charge in [-0.3, -0.25) is 0 Å². The van der Waals surface area contributed by atoms with Crippen molar-refractivity contribution in [1.82, 2.24) is 4.57 Å². The smallest absolute Gasteiger partial charge is 0.256 e. The number of hydrogen-bond acceptors (Lipinski definition) is 3. The van der Waals surface area contributed by atoms with Crippen LogP contribution in [0.4, 0.5) is 17.1 Å². The third kappa shape index (κ3) is 8.94. The standard InChI is InChI=1S/C84H76B2N2O2/c1-11-13-53-15-41-76-71(43-53)85-70-47-65(62-29-21-57(22-30-62)51(7)8)36-40-75(70)87(67-37-33-60(34-38-67)59-25-17-55(18-26-59)49(3)4)81-78(85)84(90-76)82-79-83(81)89-77-42-16-54(14-12-2)44-72(77)86(79)73-48-66(63-31-23-58(24-32-63)52(9)10)46-69-68-45-64(35-39-74(68)88(82)80(69)73)61-27-19-56(20-28-61)50(5)6/h15-52H,11-14H2,1-10H3. The van der Waals surface area contributed by atoms with Crippen molar-refractivity contribution in [3.63, 3.8) is 0 Å². The molecule has 1 aromatic heterocycles.